The minimum Gasteiger partial charge on any atom is -0.449 e. The van der Waals surface area contributed by atoms with Gasteiger partial charge in [-0.3, -0.25) is 4.57 Å². The summed E-state index contributed by atoms with van der Waals surface area (Å²) in [6.45, 7) is 5.32. The molecule has 6 heteroatoms. The van der Waals surface area contributed by atoms with Gasteiger partial charge < -0.3 is 9.76 Å². The van der Waals surface area contributed by atoms with E-state index in [-0.39, 0.29) is 5.82 Å². The van der Waals surface area contributed by atoms with Crippen molar-refractivity contribution in [2.24, 2.45) is 0 Å². The van der Waals surface area contributed by atoms with Gasteiger partial charge in [-0.1, -0.05) is 24.3 Å². The highest BCUT2D eigenvalue weighted by atomic mass is 19.1. The summed E-state index contributed by atoms with van der Waals surface area (Å²) in [5.74, 6) is -0.338. The van der Waals surface area contributed by atoms with E-state index >= 15 is 0 Å². The molecule has 0 aliphatic carbocycles. The van der Waals surface area contributed by atoms with Crippen LogP contribution in [0, 0.1) is 5.82 Å². The van der Waals surface area contributed by atoms with Gasteiger partial charge in [-0.25, -0.2) is 9.18 Å². The van der Waals surface area contributed by atoms with Gasteiger partial charge >= 0.3 is 13.6 Å². The molecule has 0 unspecified atom stereocenters. The van der Waals surface area contributed by atoms with Crippen LogP contribution in [0.15, 0.2) is 48.5 Å². The molecule has 2 aromatic carbocycles. The lowest BCUT2D eigenvalue weighted by Crippen LogP contribution is -2.34. The number of carbonyl (C=O) groups is 1. The number of halogens is 1. The van der Waals surface area contributed by atoms with Gasteiger partial charge in [0.15, 0.2) is 0 Å². The molecule has 0 aliphatic rings. The molecule has 0 bridgehead atoms. The van der Waals surface area contributed by atoms with Crippen LogP contribution in [-0.2, 0) is 4.74 Å². The van der Waals surface area contributed by atoms with Gasteiger partial charge in [-0.05, 0) is 56.2 Å². The summed E-state index contributed by atoms with van der Waals surface area (Å²) in [4.78, 5) is 12.6. The van der Waals surface area contributed by atoms with E-state index in [9.17, 15) is 14.2 Å². The third kappa shape index (κ3) is 3.44. The molecular formula is C19H18BFNO3. The zero-order valence-corrected chi connectivity index (χ0v) is 14.3. The van der Waals surface area contributed by atoms with Crippen molar-refractivity contribution in [2.75, 3.05) is 0 Å². The van der Waals surface area contributed by atoms with Gasteiger partial charge in [0.05, 0.1) is 5.52 Å². The average Bonchev–Trinajstić information content (AvgIpc) is 2.91. The average molecular weight is 338 g/mol. The summed E-state index contributed by atoms with van der Waals surface area (Å²) in [7, 11) is 0.860. The van der Waals surface area contributed by atoms with Gasteiger partial charge in [0.1, 0.15) is 11.4 Å². The van der Waals surface area contributed by atoms with E-state index in [1.54, 1.807) is 51.1 Å². The second-order valence-corrected chi connectivity index (χ2v) is 6.76. The Morgan fingerprint density at radius 2 is 1.88 bits per heavy atom. The molecule has 0 spiro atoms. The minimum absolute atomic E-state index is 0.299. The first-order valence-electron chi connectivity index (χ1n) is 7.91. The van der Waals surface area contributed by atoms with Crippen LogP contribution in [0.2, 0.25) is 0 Å². The first kappa shape index (κ1) is 17.2. The van der Waals surface area contributed by atoms with Crippen LogP contribution >= 0.6 is 0 Å². The lowest BCUT2D eigenvalue weighted by molar-refractivity contribution is 0.0549. The number of hydrogen-bond donors (Lipinski definition) is 1. The highest BCUT2D eigenvalue weighted by Crippen LogP contribution is 2.29. The first-order valence-corrected chi connectivity index (χ1v) is 7.91. The maximum Gasteiger partial charge on any atom is 0.418 e. The smallest absolute Gasteiger partial charge is 0.418 e. The van der Waals surface area contributed by atoms with Crippen molar-refractivity contribution < 1.29 is 18.9 Å². The Labute approximate surface area is 146 Å². The number of aromatic nitrogens is 1. The fraction of sp³-hybridized carbons (Fsp3) is 0.211. The van der Waals surface area contributed by atoms with Crippen molar-refractivity contribution in [3.05, 3.63) is 54.3 Å². The Hall–Kier alpha value is -2.60. The Morgan fingerprint density at radius 1 is 1.16 bits per heavy atom. The molecule has 1 heterocycles. The number of ether oxygens (including phenoxy) is 1. The predicted molar refractivity (Wildman–Crippen MR) is 96.6 cm³/mol. The number of hydrogen-bond acceptors (Lipinski definition) is 3. The molecule has 0 saturated heterocycles. The fourth-order valence-corrected chi connectivity index (χ4v) is 2.77. The van der Waals surface area contributed by atoms with E-state index in [0.29, 0.717) is 16.7 Å². The van der Waals surface area contributed by atoms with Crippen LogP contribution < -0.4 is 5.59 Å². The molecule has 1 radical (unpaired) electrons. The Kier molecular flexibility index (Phi) is 4.39. The molecule has 1 aromatic heterocycles. The molecule has 127 valence electrons. The summed E-state index contributed by atoms with van der Waals surface area (Å²) >= 11 is 0. The summed E-state index contributed by atoms with van der Waals surface area (Å²) in [6, 6.07) is 13.3. The topological polar surface area (TPSA) is 51.5 Å². The number of benzene rings is 2. The summed E-state index contributed by atoms with van der Waals surface area (Å²) in [5.41, 5.74) is 1.67. The third-order valence-corrected chi connectivity index (χ3v) is 3.72. The highest BCUT2D eigenvalue weighted by molar-refractivity contribution is 6.46. The summed E-state index contributed by atoms with van der Waals surface area (Å²) in [6.07, 6.45) is -0.584. The lowest BCUT2D eigenvalue weighted by Gasteiger charge is -2.20. The molecule has 1 N–H and O–H groups in total. The molecule has 0 fully saturated rings. The van der Waals surface area contributed by atoms with E-state index in [1.807, 2.05) is 6.07 Å². The van der Waals surface area contributed by atoms with Crippen LogP contribution in [0.25, 0.3) is 22.0 Å². The number of nitrogens with zero attached hydrogens (tertiary/aromatic N) is 1. The van der Waals surface area contributed by atoms with E-state index in [0.717, 1.165) is 18.4 Å². The quantitative estimate of drug-likeness (QED) is 0.728. The highest BCUT2D eigenvalue weighted by Gasteiger charge is 2.23. The van der Waals surface area contributed by atoms with Gasteiger partial charge in [0, 0.05) is 11.0 Å². The van der Waals surface area contributed by atoms with Crippen molar-refractivity contribution >= 4 is 30.1 Å². The molecule has 3 aromatic rings. The zero-order valence-electron chi connectivity index (χ0n) is 14.3. The Balaban J connectivity index is 2.20. The third-order valence-electron chi connectivity index (χ3n) is 3.72. The number of rotatable bonds is 2. The molecular weight excluding hydrogens is 320 g/mol. The van der Waals surface area contributed by atoms with Gasteiger partial charge in [0.2, 0.25) is 0 Å². The summed E-state index contributed by atoms with van der Waals surface area (Å²) in [5, 5.41) is 10.3. The van der Waals surface area contributed by atoms with Gasteiger partial charge in [-0.15, -0.1) is 0 Å². The van der Waals surface area contributed by atoms with E-state index in [4.69, 9.17) is 4.74 Å². The van der Waals surface area contributed by atoms with Gasteiger partial charge in [0.25, 0.3) is 0 Å². The van der Waals surface area contributed by atoms with E-state index < -0.39 is 11.7 Å². The number of fused-ring (bicyclic) bond motifs is 1. The van der Waals surface area contributed by atoms with Crippen molar-refractivity contribution in [1.82, 2.24) is 4.57 Å². The van der Waals surface area contributed by atoms with Crippen LogP contribution in [0.4, 0.5) is 9.18 Å². The summed E-state index contributed by atoms with van der Waals surface area (Å²) < 4.78 is 20.3. The molecule has 3 rings (SSSR count). The van der Waals surface area contributed by atoms with Crippen LogP contribution in [0.3, 0.4) is 0 Å². The monoisotopic (exact) mass is 338 g/mol. The van der Waals surface area contributed by atoms with Crippen molar-refractivity contribution in [3.8, 4) is 11.1 Å². The fourth-order valence-electron chi connectivity index (χ4n) is 2.77. The predicted octanol–water partition coefficient (Wildman–Crippen LogP) is 3.47. The van der Waals surface area contributed by atoms with Gasteiger partial charge in [-0.2, -0.15) is 0 Å². The molecule has 4 nitrogen and oxygen atoms in total. The van der Waals surface area contributed by atoms with E-state index in [1.165, 1.54) is 16.7 Å². The van der Waals surface area contributed by atoms with E-state index in [2.05, 4.69) is 0 Å². The SMILES string of the molecule is CC(C)(C)OC(=O)n1c([B]O)cc2c(-c3cccc(F)c3)cccc21. The second-order valence-electron chi connectivity index (χ2n) is 6.76. The molecule has 0 aliphatic heterocycles. The maximum atomic E-state index is 13.6. The maximum absolute atomic E-state index is 13.6. The molecule has 0 amide bonds. The van der Waals surface area contributed by atoms with Crippen molar-refractivity contribution in [2.45, 2.75) is 26.4 Å². The molecule has 0 atom stereocenters. The van der Waals surface area contributed by atoms with Crippen LogP contribution in [0.1, 0.15) is 20.8 Å². The Morgan fingerprint density at radius 3 is 2.52 bits per heavy atom. The van der Waals surface area contributed by atoms with Crippen LogP contribution in [0.5, 0.6) is 0 Å². The number of carbonyl (C=O) groups excluding carboxylic acids is 1. The zero-order chi connectivity index (χ0) is 18.2. The van der Waals surface area contributed by atoms with Crippen molar-refractivity contribution in [3.63, 3.8) is 0 Å². The molecule has 25 heavy (non-hydrogen) atoms. The Bertz CT molecular complexity index is 943. The second kappa shape index (κ2) is 6.37. The standard InChI is InChI=1S/C19H18BFNO3/c1-19(2,3)25-18(23)22-16-9-5-8-14(15(16)11-17(22)20-24)12-6-4-7-13(21)10-12/h4-11,24H,1-3H3. The lowest BCUT2D eigenvalue weighted by atomic mass is 9.95. The normalized spacial score (nSPS) is 11.6. The van der Waals surface area contributed by atoms with Crippen LogP contribution in [-0.4, -0.2) is 28.8 Å². The van der Waals surface area contributed by atoms with Crippen molar-refractivity contribution in [1.29, 1.82) is 0 Å². The first-order chi connectivity index (χ1) is 11.8. The molecule has 0 saturated carbocycles. The minimum atomic E-state index is -0.666. The largest absolute Gasteiger partial charge is 0.449 e.